The van der Waals surface area contributed by atoms with Gasteiger partial charge in [0.15, 0.2) is 0 Å². The minimum absolute atomic E-state index is 0.192. The largest absolute Gasteiger partial charge is 0.497 e. The Morgan fingerprint density at radius 3 is 2.46 bits per heavy atom. The van der Waals surface area contributed by atoms with Crippen LogP contribution < -0.4 is 9.46 Å². The van der Waals surface area contributed by atoms with Gasteiger partial charge in [0.25, 0.3) is 0 Å². The van der Waals surface area contributed by atoms with Crippen LogP contribution in [0.5, 0.6) is 5.75 Å². The van der Waals surface area contributed by atoms with Gasteiger partial charge in [-0.3, -0.25) is 4.90 Å². The molecule has 1 aromatic carbocycles. The molecular formula is C16H23N3O3S2. The minimum Gasteiger partial charge on any atom is -0.497 e. The molecule has 0 aliphatic carbocycles. The number of rotatable bonds is 9. The number of aromatic nitrogens is 1. The average Bonchev–Trinajstić information content (AvgIpc) is 3.05. The van der Waals surface area contributed by atoms with Crippen LogP contribution in [0.2, 0.25) is 0 Å². The summed E-state index contributed by atoms with van der Waals surface area (Å²) in [6.45, 7) is 7.13. The topological polar surface area (TPSA) is 71.5 Å². The summed E-state index contributed by atoms with van der Waals surface area (Å²) >= 11 is 1.47. The molecule has 0 bridgehead atoms. The number of sulfonamides is 1. The van der Waals surface area contributed by atoms with E-state index >= 15 is 0 Å². The van der Waals surface area contributed by atoms with E-state index in [9.17, 15) is 8.42 Å². The predicted molar refractivity (Wildman–Crippen MR) is 95.8 cm³/mol. The third-order valence-corrected chi connectivity index (χ3v) is 5.98. The lowest BCUT2D eigenvalue weighted by molar-refractivity contribution is 0.292. The van der Waals surface area contributed by atoms with Crippen molar-refractivity contribution in [2.75, 3.05) is 20.2 Å². The van der Waals surface area contributed by atoms with Crippen LogP contribution in [0.25, 0.3) is 0 Å². The zero-order chi connectivity index (χ0) is 17.6. The monoisotopic (exact) mass is 369 g/mol. The Balaban J connectivity index is 1.97. The average molecular weight is 370 g/mol. The maximum absolute atomic E-state index is 12.3. The molecule has 1 aromatic heterocycles. The Labute approximate surface area is 147 Å². The van der Waals surface area contributed by atoms with Crippen LogP contribution in [0.3, 0.4) is 0 Å². The SMILES string of the molecule is CCN(CC)Cc1csc(CNS(=O)(=O)c2ccc(OC)cc2)n1. The number of thiazole rings is 1. The number of hydrogen-bond donors (Lipinski definition) is 1. The molecule has 1 N–H and O–H groups in total. The van der Waals surface area contributed by atoms with E-state index in [1.54, 1.807) is 19.2 Å². The highest BCUT2D eigenvalue weighted by atomic mass is 32.2. The lowest BCUT2D eigenvalue weighted by atomic mass is 10.3. The van der Waals surface area contributed by atoms with E-state index in [0.29, 0.717) is 5.75 Å². The van der Waals surface area contributed by atoms with Crippen molar-refractivity contribution in [1.82, 2.24) is 14.6 Å². The Morgan fingerprint density at radius 1 is 1.21 bits per heavy atom. The van der Waals surface area contributed by atoms with Crippen molar-refractivity contribution >= 4 is 21.4 Å². The molecule has 6 nitrogen and oxygen atoms in total. The quantitative estimate of drug-likeness (QED) is 0.735. The maximum Gasteiger partial charge on any atom is 0.240 e. The normalized spacial score (nSPS) is 11.8. The number of benzene rings is 1. The number of nitrogens with zero attached hydrogens (tertiary/aromatic N) is 2. The zero-order valence-electron chi connectivity index (χ0n) is 14.2. The summed E-state index contributed by atoms with van der Waals surface area (Å²) in [5, 5.41) is 2.74. The summed E-state index contributed by atoms with van der Waals surface area (Å²) in [6.07, 6.45) is 0. The van der Waals surface area contributed by atoms with Gasteiger partial charge < -0.3 is 4.74 Å². The standard InChI is InChI=1S/C16H23N3O3S2/c1-4-19(5-2)11-13-12-23-16(18-13)10-17-24(20,21)15-8-6-14(22-3)7-9-15/h6-9,12,17H,4-5,10-11H2,1-3H3. The van der Waals surface area contributed by atoms with Gasteiger partial charge in [0.1, 0.15) is 10.8 Å². The molecule has 0 aliphatic rings. The lowest BCUT2D eigenvalue weighted by Crippen LogP contribution is -2.24. The molecule has 0 radical (unpaired) electrons. The van der Waals surface area contributed by atoms with Crippen molar-refractivity contribution in [3.05, 3.63) is 40.3 Å². The summed E-state index contributed by atoms with van der Waals surface area (Å²) < 4.78 is 32.2. The molecule has 2 aromatic rings. The van der Waals surface area contributed by atoms with E-state index in [0.717, 1.165) is 30.3 Å². The van der Waals surface area contributed by atoms with Gasteiger partial charge in [0.2, 0.25) is 10.0 Å². The highest BCUT2D eigenvalue weighted by molar-refractivity contribution is 7.89. The molecule has 132 valence electrons. The molecule has 8 heteroatoms. The summed E-state index contributed by atoms with van der Waals surface area (Å²) in [4.78, 5) is 6.98. The number of methoxy groups -OCH3 is 1. The smallest absolute Gasteiger partial charge is 0.240 e. The third-order valence-electron chi connectivity index (χ3n) is 3.66. The van der Waals surface area contributed by atoms with Crippen molar-refractivity contribution in [2.24, 2.45) is 0 Å². The Kier molecular flexibility index (Phi) is 6.73. The first-order valence-electron chi connectivity index (χ1n) is 7.77. The van der Waals surface area contributed by atoms with Crippen LogP contribution in [0.1, 0.15) is 24.5 Å². The van der Waals surface area contributed by atoms with Crippen LogP contribution >= 0.6 is 11.3 Å². The molecular weight excluding hydrogens is 346 g/mol. The first kappa shape index (κ1) is 18.9. The highest BCUT2D eigenvalue weighted by Gasteiger charge is 2.15. The van der Waals surface area contributed by atoms with Gasteiger partial charge in [-0.1, -0.05) is 13.8 Å². The highest BCUT2D eigenvalue weighted by Crippen LogP contribution is 2.17. The molecule has 0 aliphatic heterocycles. The summed E-state index contributed by atoms with van der Waals surface area (Å²) in [5.41, 5.74) is 0.974. The molecule has 0 saturated heterocycles. The van der Waals surface area contributed by atoms with Gasteiger partial charge in [-0.15, -0.1) is 11.3 Å². The molecule has 0 atom stereocenters. The second-order valence-electron chi connectivity index (χ2n) is 5.19. The Morgan fingerprint density at radius 2 is 1.88 bits per heavy atom. The maximum atomic E-state index is 12.3. The molecule has 1 heterocycles. The third kappa shape index (κ3) is 5.01. The Hall–Kier alpha value is -1.48. The second kappa shape index (κ2) is 8.57. The van der Waals surface area contributed by atoms with E-state index in [-0.39, 0.29) is 11.4 Å². The Bertz CT molecular complexity index is 738. The van der Waals surface area contributed by atoms with Crippen LogP contribution in [0.4, 0.5) is 0 Å². The number of nitrogens with one attached hydrogen (secondary N) is 1. The molecule has 0 spiro atoms. The summed E-state index contributed by atoms with van der Waals surface area (Å²) in [6, 6.07) is 6.30. The van der Waals surface area contributed by atoms with Gasteiger partial charge in [0.05, 0.1) is 24.2 Å². The molecule has 0 unspecified atom stereocenters. The first-order chi connectivity index (χ1) is 11.5. The molecule has 24 heavy (non-hydrogen) atoms. The molecule has 0 fully saturated rings. The van der Waals surface area contributed by atoms with Crippen LogP contribution in [-0.4, -0.2) is 38.5 Å². The van der Waals surface area contributed by atoms with Crippen LogP contribution in [-0.2, 0) is 23.1 Å². The van der Waals surface area contributed by atoms with Crippen LogP contribution in [0.15, 0.2) is 34.5 Å². The molecule has 0 amide bonds. The minimum atomic E-state index is -3.56. The van der Waals surface area contributed by atoms with Gasteiger partial charge >= 0.3 is 0 Å². The van der Waals surface area contributed by atoms with E-state index in [1.807, 2.05) is 5.38 Å². The number of ether oxygens (including phenoxy) is 1. The van der Waals surface area contributed by atoms with Gasteiger partial charge in [-0.05, 0) is 37.4 Å². The van der Waals surface area contributed by atoms with Gasteiger partial charge in [-0.2, -0.15) is 0 Å². The summed E-state index contributed by atoms with van der Waals surface area (Å²) in [7, 11) is -2.01. The van der Waals surface area contributed by atoms with Gasteiger partial charge in [-0.25, -0.2) is 18.1 Å². The second-order valence-corrected chi connectivity index (χ2v) is 7.90. The van der Waals surface area contributed by atoms with Crippen LogP contribution in [0, 0.1) is 0 Å². The lowest BCUT2D eigenvalue weighted by Gasteiger charge is -2.15. The predicted octanol–water partition coefficient (Wildman–Crippen LogP) is 2.47. The van der Waals surface area contributed by atoms with Gasteiger partial charge in [0, 0.05) is 11.9 Å². The van der Waals surface area contributed by atoms with Crippen molar-refractivity contribution < 1.29 is 13.2 Å². The van der Waals surface area contributed by atoms with Crippen molar-refractivity contribution in [3.8, 4) is 5.75 Å². The summed E-state index contributed by atoms with van der Waals surface area (Å²) in [5.74, 6) is 0.620. The fourth-order valence-electron chi connectivity index (χ4n) is 2.17. The first-order valence-corrected chi connectivity index (χ1v) is 10.1. The molecule has 0 saturated carbocycles. The van der Waals surface area contributed by atoms with E-state index in [1.165, 1.54) is 23.5 Å². The van der Waals surface area contributed by atoms with Crippen molar-refractivity contribution in [3.63, 3.8) is 0 Å². The van der Waals surface area contributed by atoms with E-state index < -0.39 is 10.0 Å². The van der Waals surface area contributed by atoms with Crippen molar-refractivity contribution in [2.45, 2.75) is 31.8 Å². The fraction of sp³-hybridized carbons (Fsp3) is 0.438. The van der Waals surface area contributed by atoms with E-state index in [2.05, 4.69) is 28.5 Å². The van der Waals surface area contributed by atoms with E-state index in [4.69, 9.17) is 4.74 Å². The molecule has 2 rings (SSSR count). The zero-order valence-corrected chi connectivity index (χ0v) is 15.8. The fourth-order valence-corrected chi connectivity index (χ4v) is 3.98. The number of hydrogen-bond acceptors (Lipinski definition) is 6. The van der Waals surface area contributed by atoms with Crippen molar-refractivity contribution in [1.29, 1.82) is 0 Å².